The molecule has 0 saturated carbocycles. The zero-order valence-electron chi connectivity index (χ0n) is 13.1. The molecule has 24 heavy (non-hydrogen) atoms. The van der Waals surface area contributed by atoms with Crippen LogP contribution in [0.3, 0.4) is 0 Å². The van der Waals surface area contributed by atoms with Gasteiger partial charge in [-0.15, -0.1) is 31.4 Å². The first-order valence-electron chi connectivity index (χ1n) is 7.36. The predicted octanol–water partition coefficient (Wildman–Crippen LogP) is 5.11. The smallest absolute Gasteiger partial charge is 0.314 e. The molecule has 1 N–H and O–H groups in total. The molecular formula is C16H22Cl3F3N2. The molecule has 2 nitrogen and oxygen atoms in total. The first kappa shape index (κ1) is 23.5. The molecule has 1 fully saturated rings. The molecule has 1 saturated heterocycles. The van der Waals surface area contributed by atoms with E-state index >= 15 is 0 Å². The van der Waals surface area contributed by atoms with Gasteiger partial charge in [0.15, 0.2) is 0 Å². The van der Waals surface area contributed by atoms with Crippen LogP contribution >= 0.6 is 36.4 Å². The van der Waals surface area contributed by atoms with E-state index in [0.717, 1.165) is 32.2 Å². The Morgan fingerprint density at radius 2 is 1.88 bits per heavy atom. The van der Waals surface area contributed by atoms with Crippen molar-refractivity contribution in [2.75, 3.05) is 26.2 Å². The molecule has 1 heterocycles. The Kier molecular flexibility index (Phi) is 10.3. The maximum absolute atomic E-state index is 13.4. The van der Waals surface area contributed by atoms with Crippen LogP contribution in [0.5, 0.6) is 0 Å². The van der Waals surface area contributed by atoms with Crippen molar-refractivity contribution in [1.29, 1.82) is 0 Å². The summed E-state index contributed by atoms with van der Waals surface area (Å²) in [5, 5.41) is 3.34. The van der Waals surface area contributed by atoms with Crippen LogP contribution in [0.15, 0.2) is 30.9 Å². The second-order valence-corrected chi connectivity index (χ2v) is 5.83. The van der Waals surface area contributed by atoms with Crippen LogP contribution in [0.1, 0.15) is 30.0 Å². The van der Waals surface area contributed by atoms with Gasteiger partial charge < -0.3 is 5.32 Å². The quantitative estimate of drug-likeness (QED) is 0.684. The lowest BCUT2D eigenvalue weighted by Gasteiger charge is -2.36. The normalized spacial score (nSPS) is 16.7. The molecule has 1 aromatic rings. The van der Waals surface area contributed by atoms with E-state index in [2.05, 4.69) is 16.8 Å². The Labute approximate surface area is 158 Å². The van der Waals surface area contributed by atoms with Crippen LogP contribution in [-0.4, -0.2) is 31.1 Å². The summed E-state index contributed by atoms with van der Waals surface area (Å²) >= 11 is 5.78. The van der Waals surface area contributed by atoms with E-state index in [1.165, 1.54) is 12.1 Å². The fraction of sp³-hybridized carbons (Fsp3) is 0.500. The minimum atomic E-state index is -4.40. The third-order valence-corrected chi connectivity index (χ3v) is 4.15. The Bertz CT molecular complexity index is 518. The van der Waals surface area contributed by atoms with Crippen molar-refractivity contribution in [2.24, 2.45) is 0 Å². The van der Waals surface area contributed by atoms with Gasteiger partial charge in [0.25, 0.3) is 0 Å². The number of allylic oxidation sites excluding steroid dienone is 1. The Morgan fingerprint density at radius 1 is 1.25 bits per heavy atom. The van der Waals surface area contributed by atoms with Gasteiger partial charge >= 0.3 is 6.18 Å². The van der Waals surface area contributed by atoms with E-state index in [0.29, 0.717) is 18.4 Å². The predicted molar refractivity (Wildman–Crippen MR) is 97.6 cm³/mol. The maximum Gasteiger partial charge on any atom is 0.416 e. The summed E-state index contributed by atoms with van der Waals surface area (Å²) < 4.78 is 40.1. The number of alkyl halides is 3. The van der Waals surface area contributed by atoms with E-state index < -0.39 is 11.7 Å². The number of hydrogen-bond acceptors (Lipinski definition) is 2. The fourth-order valence-electron chi connectivity index (χ4n) is 2.87. The highest BCUT2D eigenvalue weighted by atomic mass is 35.5. The van der Waals surface area contributed by atoms with E-state index in [-0.39, 0.29) is 35.9 Å². The van der Waals surface area contributed by atoms with E-state index in [1.807, 2.05) is 0 Å². The van der Waals surface area contributed by atoms with Crippen molar-refractivity contribution in [3.63, 3.8) is 0 Å². The molecule has 1 aliphatic heterocycles. The standard InChI is InChI=1S/C16H20ClF3N2.2ClH/c1-2-3-4-15(22-9-7-21-8-10-22)13-6-5-12(17)11-14(13)16(18,19)20;;/h2,5-6,11,15,21H,1,3-4,7-10H2;2*1H/t15-;;/m1../s1. The van der Waals surface area contributed by atoms with Crippen molar-refractivity contribution < 1.29 is 13.2 Å². The van der Waals surface area contributed by atoms with Crippen molar-refractivity contribution >= 4 is 36.4 Å². The molecule has 2 rings (SSSR count). The van der Waals surface area contributed by atoms with Gasteiger partial charge in [-0.2, -0.15) is 13.2 Å². The van der Waals surface area contributed by atoms with Gasteiger partial charge in [0.2, 0.25) is 0 Å². The first-order chi connectivity index (χ1) is 10.4. The van der Waals surface area contributed by atoms with Crippen molar-refractivity contribution in [3.05, 3.63) is 47.0 Å². The lowest BCUT2D eigenvalue weighted by Crippen LogP contribution is -2.45. The SMILES string of the molecule is C=CCC[C@H](c1ccc(Cl)cc1C(F)(F)F)N1CCNCC1.Cl.Cl. The number of piperazine rings is 1. The molecule has 0 aromatic heterocycles. The van der Waals surface area contributed by atoms with Crippen molar-refractivity contribution in [2.45, 2.75) is 25.1 Å². The molecule has 0 amide bonds. The number of nitrogens with zero attached hydrogens (tertiary/aromatic N) is 1. The van der Waals surface area contributed by atoms with Gasteiger partial charge in [0, 0.05) is 37.2 Å². The Morgan fingerprint density at radius 3 is 2.42 bits per heavy atom. The second kappa shape index (κ2) is 10.5. The van der Waals surface area contributed by atoms with Crippen LogP contribution in [-0.2, 0) is 6.18 Å². The van der Waals surface area contributed by atoms with Gasteiger partial charge in [-0.05, 0) is 30.5 Å². The van der Waals surface area contributed by atoms with Crippen LogP contribution < -0.4 is 5.32 Å². The summed E-state index contributed by atoms with van der Waals surface area (Å²) in [4.78, 5) is 2.11. The molecule has 1 aromatic carbocycles. The minimum Gasteiger partial charge on any atom is -0.314 e. The average Bonchev–Trinajstić information content (AvgIpc) is 2.49. The molecule has 0 bridgehead atoms. The third kappa shape index (κ3) is 6.12. The topological polar surface area (TPSA) is 15.3 Å². The monoisotopic (exact) mass is 404 g/mol. The maximum atomic E-state index is 13.4. The van der Waals surface area contributed by atoms with Crippen molar-refractivity contribution in [3.8, 4) is 0 Å². The molecule has 1 aliphatic rings. The molecule has 0 spiro atoms. The summed E-state index contributed by atoms with van der Waals surface area (Å²) in [6.07, 6.45) is -1.36. The number of hydrogen-bond donors (Lipinski definition) is 1. The lowest BCUT2D eigenvalue weighted by molar-refractivity contribution is -0.138. The largest absolute Gasteiger partial charge is 0.416 e. The van der Waals surface area contributed by atoms with Crippen LogP contribution in [0.2, 0.25) is 5.02 Å². The second-order valence-electron chi connectivity index (χ2n) is 5.40. The number of rotatable bonds is 5. The van der Waals surface area contributed by atoms with Gasteiger partial charge in [-0.3, -0.25) is 4.90 Å². The van der Waals surface area contributed by atoms with Gasteiger partial charge in [-0.25, -0.2) is 0 Å². The van der Waals surface area contributed by atoms with Gasteiger partial charge in [-0.1, -0.05) is 23.7 Å². The summed E-state index contributed by atoms with van der Waals surface area (Å²) in [6.45, 7) is 6.74. The fourth-order valence-corrected chi connectivity index (χ4v) is 3.04. The molecule has 0 unspecified atom stereocenters. The van der Waals surface area contributed by atoms with E-state index in [9.17, 15) is 13.2 Å². The average molecular weight is 406 g/mol. The molecular weight excluding hydrogens is 384 g/mol. The molecule has 0 radical (unpaired) electrons. The van der Waals surface area contributed by atoms with Crippen LogP contribution in [0, 0.1) is 0 Å². The number of halogens is 6. The summed E-state index contributed by atoms with van der Waals surface area (Å²) in [5.74, 6) is 0. The van der Waals surface area contributed by atoms with E-state index in [4.69, 9.17) is 11.6 Å². The summed E-state index contributed by atoms with van der Waals surface area (Å²) in [7, 11) is 0. The molecule has 0 aliphatic carbocycles. The van der Waals surface area contributed by atoms with Crippen LogP contribution in [0.4, 0.5) is 13.2 Å². The summed E-state index contributed by atoms with van der Waals surface area (Å²) in [5.41, 5.74) is -0.326. The highest BCUT2D eigenvalue weighted by Crippen LogP contribution is 2.39. The first-order valence-corrected chi connectivity index (χ1v) is 7.73. The highest BCUT2D eigenvalue weighted by Gasteiger charge is 2.36. The van der Waals surface area contributed by atoms with E-state index in [1.54, 1.807) is 6.08 Å². The van der Waals surface area contributed by atoms with Crippen LogP contribution in [0.25, 0.3) is 0 Å². The summed E-state index contributed by atoms with van der Waals surface area (Å²) in [6, 6.07) is 3.81. The number of benzene rings is 1. The zero-order valence-corrected chi connectivity index (χ0v) is 15.5. The Hall–Kier alpha value is -0.460. The van der Waals surface area contributed by atoms with Gasteiger partial charge in [0.05, 0.1) is 5.56 Å². The molecule has 138 valence electrons. The number of nitrogens with one attached hydrogen (secondary N) is 1. The third-order valence-electron chi connectivity index (χ3n) is 3.92. The highest BCUT2D eigenvalue weighted by molar-refractivity contribution is 6.30. The molecule has 1 atom stereocenters. The Balaban J connectivity index is 0.00000264. The minimum absolute atomic E-state index is 0. The lowest BCUT2D eigenvalue weighted by atomic mass is 9.94. The zero-order chi connectivity index (χ0) is 16.2. The van der Waals surface area contributed by atoms with Crippen molar-refractivity contribution in [1.82, 2.24) is 10.2 Å². The molecule has 8 heteroatoms. The van der Waals surface area contributed by atoms with Gasteiger partial charge in [0.1, 0.15) is 0 Å².